The van der Waals surface area contributed by atoms with Crippen LogP contribution in [0.15, 0.2) is 28.8 Å². The van der Waals surface area contributed by atoms with Crippen LogP contribution in [0.25, 0.3) is 0 Å². The fourth-order valence-corrected chi connectivity index (χ4v) is 3.04. The van der Waals surface area contributed by atoms with Crippen molar-refractivity contribution in [1.29, 1.82) is 0 Å². The zero-order valence-electron chi connectivity index (χ0n) is 13.9. The fraction of sp³-hybridized carbons (Fsp3) is 0.389. The minimum atomic E-state index is -0.508. The highest BCUT2D eigenvalue weighted by atomic mass is 16.5. The van der Waals surface area contributed by atoms with Gasteiger partial charge in [0, 0.05) is 24.1 Å². The molecule has 6 nitrogen and oxygen atoms in total. The Labute approximate surface area is 140 Å². The van der Waals surface area contributed by atoms with E-state index in [1.165, 1.54) is 0 Å². The molecule has 2 N–H and O–H groups in total. The highest BCUT2D eigenvalue weighted by Crippen LogP contribution is 2.17. The molecule has 126 valence electrons. The van der Waals surface area contributed by atoms with Gasteiger partial charge in [-0.1, -0.05) is 23.4 Å². The number of hydrogen-bond donors (Lipinski definition) is 2. The number of nitrogens with zero attached hydrogens (tertiary/aromatic N) is 1. The second-order valence-corrected chi connectivity index (χ2v) is 6.08. The van der Waals surface area contributed by atoms with Crippen LogP contribution in [0.4, 0.5) is 0 Å². The quantitative estimate of drug-likeness (QED) is 0.819. The number of nitrogens with one attached hydrogen (secondary N) is 2. The maximum atomic E-state index is 12.3. The van der Waals surface area contributed by atoms with Crippen molar-refractivity contribution in [2.75, 3.05) is 6.54 Å². The van der Waals surface area contributed by atoms with Crippen LogP contribution in [0, 0.1) is 13.8 Å². The molecular formula is C18H21N3O3. The number of carbonyl (C=O) groups is 2. The summed E-state index contributed by atoms with van der Waals surface area (Å²) in [5.41, 5.74) is 3.57. The summed E-state index contributed by atoms with van der Waals surface area (Å²) in [5, 5.41) is 9.59. The summed E-state index contributed by atoms with van der Waals surface area (Å²) in [4.78, 5) is 24.3. The number of aromatic nitrogens is 1. The van der Waals surface area contributed by atoms with Crippen molar-refractivity contribution < 1.29 is 14.1 Å². The summed E-state index contributed by atoms with van der Waals surface area (Å²) in [7, 11) is 0. The molecule has 0 spiro atoms. The molecule has 2 aromatic rings. The number of hydrogen-bond acceptors (Lipinski definition) is 4. The number of amides is 2. The molecule has 0 saturated carbocycles. The zero-order chi connectivity index (χ0) is 17.1. The predicted octanol–water partition coefficient (Wildman–Crippen LogP) is 1.69. The molecule has 1 unspecified atom stereocenters. The molecule has 1 aliphatic rings. The third-order valence-corrected chi connectivity index (χ3v) is 4.39. The van der Waals surface area contributed by atoms with Gasteiger partial charge in [0.1, 0.15) is 11.8 Å². The van der Waals surface area contributed by atoms with E-state index in [4.69, 9.17) is 4.52 Å². The largest absolute Gasteiger partial charge is 0.361 e. The van der Waals surface area contributed by atoms with Gasteiger partial charge in [0.05, 0.1) is 5.69 Å². The molecule has 0 radical (unpaired) electrons. The smallest absolute Gasteiger partial charge is 0.252 e. The van der Waals surface area contributed by atoms with Gasteiger partial charge < -0.3 is 15.2 Å². The molecule has 6 heteroatoms. The van der Waals surface area contributed by atoms with E-state index >= 15 is 0 Å². The molecule has 2 amide bonds. The van der Waals surface area contributed by atoms with Crippen molar-refractivity contribution in [3.8, 4) is 0 Å². The summed E-state index contributed by atoms with van der Waals surface area (Å²) >= 11 is 0. The van der Waals surface area contributed by atoms with Crippen LogP contribution in [0.3, 0.4) is 0 Å². The van der Waals surface area contributed by atoms with Gasteiger partial charge in [0.2, 0.25) is 5.91 Å². The van der Waals surface area contributed by atoms with Crippen molar-refractivity contribution in [3.05, 3.63) is 52.4 Å². The molecule has 1 aromatic heterocycles. The van der Waals surface area contributed by atoms with E-state index < -0.39 is 6.04 Å². The van der Waals surface area contributed by atoms with Crippen LogP contribution in [-0.2, 0) is 17.6 Å². The van der Waals surface area contributed by atoms with Crippen LogP contribution >= 0.6 is 0 Å². The number of carbonyl (C=O) groups excluding carboxylic acids is 2. The van der Waals surface area contributed by atoms with Gasteiger partial charge in [0.15, 0.2) is 0 Å². The maximum Gasteiger partial charge on any atom is 0.252 e. The average molecular weight is 327 g/mol. The lowest BCUT2D eigenvalue weighted by atomic mass is 9.95. The van der Waals surface area contributed by atoms with E-state index in [0.29, 0.717) is 18.5 Å². The van der Waals surface area contributed by atoms with E-state index in [2.05, 4.69) is 15.8 Å². The highest BCUT2D eigenvalue weighted by molar-refractivity contribution is 6.00. The normalized spacial score (nSPS) is 16.4. The summed E-state index contributed by atoms with van der Waals surface area (Å²) in [5.74, 6) is 0.499. The van der Waals surface area contributed by atoms with Crippen LogP contribution in [0.2, 0.25) is 0 Å². The highest BCUT2D eigenvalue weighted by Gasteiger charge is 2.28. The summed E-state index contributed by atoms with van der Waals surface area (Å²) in [6, 6.07) is 6.88. The number of aryl methyl sites for hydroxylation is 2. The third kappa shape index (κ3) is 3.32. The third-order valence-electron chi connectivity index (χ3n) is 4.39. The van der Waals surface area contributed by atoms with Gasteiger partial charge in [-0.25, -0.2) is 0 Å². The lowest BCUT2D eigenvalue weighted by molar-refractivity contribution is -0.123. The first-order valence-corrected chi connectivity index (χ1v) is 8.14. The van der Waals surface area contributed by atoms with Crippen LogP contribution in [0.5, 0.6) is 0 Å². The molecule has 0 saturated heterocycles. The molecule has 3 rings (SSSR count). The van der Waals surface area contributed by atoms with Crippen molar-refractivity contribution in [2.24, 2.45) is 0 Å². The zero-order valence-corrected chi connectivity index (χ0v) is 13.9. The first-order valence-electron chi connectivity index (χ1n) is 8.14. The van der Waals surface area contributed by atoms with E-state index in [-0.39, 0.29) is 11.8 Å². The molecule has 1 atom stereocenters. The lowest BCUT2D eigenvalue weighted by Gasteiger charge is -2.24. The molecule has 2 heterocycles. The van der Waals surface area contributed by atoms with Crippen LogP contribution < -0.4 is 10.6 Å². The Morgan fingerprint density at radius 1 is 1.38 bits per heavy atom. The number of fused-ring (bicyclic) bond motifs is 1. The second-order valence-electron chi connectivity index (χ2n) is 6.08. The lowest BCUT2D eigenvalue weighted by Crippen LogP contribution is -2.51. The SMILES string of the molecule is Cc1noc(C)c1CCCNC(=O)C1Cc2ccccc2C(=O)N1. The topological polar surface area (TPSA) is 84.2 Å². The standard InChI is InChI=1S/C18H21N3O3/c1-11-14(12(2)24-21-11)8-5-9-19-18(23)16-10-13-6-3-4-7-15(13)17(22)20-16/h3-4,6-7,16H,5,8-10H2,1-2H3,(H,19,23)(H,20,22). The molecule has 0 bridgehead atoms. The van der Waals surface area contributed by atoms with Gasteiger partial charge in [-0.15, -0.1) is 0 Å². The first kappa shape index (κ1) is 16.2. The molecule has 1 aliphatic heterocycles. The Morgan fingerprint density at radius 3 is 2.92 bits per heavy atom. The van der Waals surface area contributed by atoms with Gasteiger partial charge in [-0.05, 0) is 38.3 Å². The molecule has 0 fully saturated rings. The number of rotatable bonds is 5. The Morgan fingerprint density at radius 2 is 2.17 bits per heavy atom. The van der Waals surface area contributed by atoms with Gasteiger partial charge in [-0.2, -0.15) is 0 Å². The van der Waals surface area contributed by atoms with Crippen molar-refractivity contribution in [3.63, 3.8) is 0 Å². The minimum absolute atomic E-state index is 0.142. The van der Waals surface area contributed by atoms with E-state index in [9.17, 15) is 9.59 Å². The molecular weight excluding hydrogens is 306 g/mol. The van der Waals surface area contributed by atoms with Crippen molar-refractivity contribution in [2.45, 2.75) is 39.2 Å². The van der Waals surface area contributed by atoms with Gasteiger partial charge >= 0.3 is 0 Å². The van der Waals surface area contributed by atoms with Crippen LogP contribution in [-0.4, -0.2) is 29.6 Å². The summed E-state index contributed by atoms with van der Waals surface area (Å²) in [6.45, 7) is 4.36. The minimum Gasteiger partial charge on any atom is -0.361 e. The summed E-state index contributed by atoms with van der Waals surface area (Å²) in [6.07, 6.45) is 2.13. The Bertz CT molecular complexity index is 747. The van der Waals surface area contributed by atoms with Crippen LogP contribution in [0.1, 0.15) is 39.4 Å². The van der Waals surface area contributed by atoms with Crippen molar-refractivity contribution >= 4 is 11.8 Å². The monoisotopic (exact) mass is 327 g/mol. The number of benzene rings is 1. The predicted molar refractivity (Wildman–Crippen MR) is 88.7 cm³/mol. The first-order chi connectivity index (χ1) is 11.6. The van der Waals surface area contributed by atoms with E-state index in [1.807, 2.05) is 32.0 Å². The average Bonchev–Trinajstić information content (AvgIpc) is 2.90. The van der Waals surface area contributed by atoms with Crippen molar-refractivity contribution in [1.82, 2.24) is 15.8 Å². The van der Waals surface area contributed by atoms with Gasteiger partial charge in [0.25, 0.3) is 5.91 Å². The van der Waals surface area contributed by atoms with E-state index in [0.717, 1.165) is 35.4 Å². The second kappa shape index (κ2) is 6.86. The Kier molecular flexibility index (Phi) is 4.64. The Hall–Kier alpha value is -2.63. The Balaban J connectivity index is 1.50. The fourth-order valence-electron chi connectivity index (χ4n) is 3.04. The molecule has 1 aromatic carbocycles. The van der Waals surface area contributed by atoms with E-state index in [1.54, 1.807) is 6.07 Å². The molecule has 24 heavy (non-hydrogen) atoms. The maximum absolute atomic E-state index is 12.3. The molecule has 0 aliphatic carbocycles. The summed E-state index contributed by atoms with van der Waals surface area (Å²) < 4.78 is 5.13. The van der Waals surface area contributed by atoms with Gasteiger partial charge in [-0.3, -0.25) is 9.59 Å².